The number of carbonyl (C=O) groups is 1. The van der Waals surface area contributed by atoms with Gasteiger partial charge in [-0.05, 0) is 24.6 Å². The molecule has 30 heavy (non-hydrogen) atoms. The van der Waals surface area contributed by atoms with Gasteiger partial charge in [-0.15, -0.1) is 10.2 Å². The van der Waals surface area contributed by atoms with E-state index in [1.165, 1.54) is 33.5 Å². The summed E-state index contributed by atoms with van der Waals surface area (Å²) >= 11 is 0. The molecule has 0 radical (unpaired) electrons. The van der Waals surface area contributed by atoms with Crippen molar-refractivity contribution in [3.05, 3.63) is 42.0 Å². The molecule has 158 valence electrons. The Morgan fingerprint density at radius 2 is 1.73 bits per heavy atom. The first-order valence-electron chi connectivity index (χ1n) is 9.61. The Morgan fingerprint density at radius 3 is 2.33 bits per heavy atom. The van der Waals surface area contributed by atoms with E-state index in [4.69, 9.17) is 14.2 Å². The highest BCUT2D eigenvalue weighted by atomic mass is 16.5. The molecule has 1 heterocycles. The average Bonchev–Trinajstić information content (AvgIpc) is 3.05. The predicted octanol–water partition coefficient (Wildman–Crippen LogP) is 5.10. The number of nitrogens with zero attached hydrogens (tertiary/aromatic N) is 3. The van der Waals surface area contributed by atoms with Crippen LogP contribution in [-0.2, 0) is 6.54 Å². The Morgan fingerprint density at radius 1 is 1.07 bits per heavy atom. The fraction of sp³-hybridized carbons (Fsp3) is 0.318. The largest absolute Gasteiger partial charge is 0.493 e. The third-order valence-electron chi connectivity index (χ3n) is 4.81. The van der Waals surface area contributed by atoms with Crippen molar-refractivity contribution >= 4 is 22.5 Å². The van der Waals surface area contributed by atoms with Crippen LogP contribution in [0.4, 0.5) is 5.69 Å². The van der Waals surface area contributed by atoms with Gasteiger partial charge in [0.15, 0.2) is 17.2 Å². The minimum Gasteiger partial charge on any atom is -0.493 e. The van der Waals surface area contributed by atoms with Crippen molar-refractivity contribution in [2.75, 3.05) is 21.3 Å². The number of ether oxygens (including phenoxy) is 3. The first-order valence-corrected chi connectivity index (χ1v) is 9.61. The van der Waals surface area contributed by atoms with E-state index in [1.807, 2.05) is 24.3 Å². The number of amides is 1. The maximum atomic E-state index is 12.7. The van der Waals surface area contributed by atoms with Crippen LogP contribution in [-0.4, -0.2) is 36.9 Å². The molecule has 1 aromatic heterocycles. The van der Waals surface area contributed by atoms with Crippen LogP contribution < -0.4 is 14.2 Å². The molecule has 0 atom stereocenters. The first-order chi connectivity index (χ1) is 14.5. The molecule has 3 aromatic rings. The smallest absolute Gasteiger partial charge is 0.295 e. The Bertz CT molecular complexity index is 1060. The second kappa shape index (κ2) is 9.30. The average molecular weight is 411 g/mol. The van der Waals surface area contributed by atoms with Crippen LogP contribution in [0.1, 0.15) is 30.1 Å². The van der Waals surface area contributed by atoms with Crippen molar-refractivity contribution < 1.29 is 24.1 Å². The molecular weight excluding hydrogens is 386 g/mol. The third kappa shape index (κ3) is 3.94. The van der Waals surface area contributed by atoms with Gasteiger partial charge in [0.25, 0.3) is 5.91 Å². The lowest BCUT2D eigenvalue weighted by Gasteiger charge is -2.12. The number of fused-ring (bicyclic) bond motifs is 1. The number of azo groups is 1. The van der Waals surface area contributed by atoms with E-state index in [-0.39, 0.29) is 17.1 Å². The van der Waals surface area contributed by atoms with Gasteiger partial charge in [0.05, 0.1) is 32.4 Å². The number of methoxy groups -OCH3 is 3. The Balaban J connectivity index is 1.99. The maximum absolute atomic E-state index is 12.7. The van der Waals surface area contributed by atoms with E-state index in [0.29, 0.717) is 23.8 Å². The van der Waals surface area contributed by atoms with Crippen LogP contribution in [0.5, 0.6) is 23.1 Å². The van der Waals surface area contributed by atoms with Gasteiger partial charge in [0.1, 0.15) is 0 Å². The molecule has 2 aromatic carbocycles. The Kier molecular flexibility index (Phi) is 6.56. The van der Waals surface area contributed by atoms with E-state index in [0.717, 1.165) is 23.7 Å². The number of aromatic nitrogens is 1. The molecule has 0 unspecified atom stereocenters. The number of hydrogen-bond donors (Lipinski definition) is 1. The standard InChI is InChI=1S/C22H25N3O5/c1-5-6-11-25-16-10-8-7-9-15(16)19(22(25)27)23-24-21(26)14-12-17(28-2)20(30-4)18(13-14)29-3/h7-10,12-13,27H,5-6,11H2,1-4H3. The molecule has 8 nitrogen and oxygen atoms in total. The van der Waals surface area contributed by atoms with Gasteiger partial charge >= 0.3 is 0 Å². The summed E-state index contributed by atoms with van der Waals surface area (Å²) in [4.78, 5) is 12.7. The zero-order chi connectivity index (χ0) is 21.7. The summed E-state index contributed by atoms with van der Waals surface area (Å²) in [6.45, 7) is 2.73. The number of aromatic hydroxyl groups is 1. The zero-order valence-corrected chi connectivity index (χ0v) is 17.5. The molecule has 0 aliphatic rings. The van der Waals surface area contributed by atoms with Gasteiger partial charge in [-0.1, -0.05) is 31.5 Å². The SMILES string of the molecule is CCCCn1c(O)c(N=NC(=O)c2cc(OC)c(OC)c(OC)c2)c2ccccc21. The molecule has 3 rings (SSSR count). The molecule has 8 heteroatoms. The van der Waals surface area contributed by atoms with Gasteiger partial charge in [-0.25, -0.2) is 0 Å². The number of unbranched alkanes of at least 4 members (excludes halogenated alkanes) is 1. The van der Waals surface area contributed by atoms with E-state index in [1.54, 1.807) is 4.57 Å². The lowest BCUT2D eigenvalue weighted by Crippen LogP contribution is -2.00. The number of carbonyl (C=O) groups excluding carboxylic acids is 1. The highest BCUT2D eigenvalue weighted by Gasteiger charge is 2.19. The second-order valence-electron chi connectivity index (χ2n) is 6.61. The lowest BCUT2D eigenvalue weighted by atomic mass is 10.1. The molecule has 1 N–H and O–H groups in total. The Hall–Kier alpha value is -3.55. The topological polar surface area (TPSA) is 94.6 Å². The number of aryl methyl sites for hydroxylation is 1. The van der Waals surface area contributed by atoms with E-state index in [2.05, 4.69) is 17.2 Å². The maximum Gasteiger partial charge on any atom is 0.295 e. The summed E-state index contributed by atoms with van der Waals surface area (Å²) in [5.74, 6) is 0.457. The Labute approximate surface area is 174 Å². The summed E-state index contributed by atoms with van der Waals surface area (Å²) in [5, 5.41) is 19.3. The number of rotatable bonds is 8. The molecule has 1 amide bonds. The molecule has 0 saturated carbocycles. The molecule has 0 aliphatic heterocycles. The van der Waals surface area contributed by atoms with Crippen LogP contribution in [0, 0.1) is 0 Å². The van der Waals surface area contributed by atoms with Crippen LogP contribution in [0.25, 0.3) is 10.9 Å². The summed E-state index contributed by atoms with van der Waals surface area (Å²) < 4.78 is 17.6. The molecule has 0 saturated heterocycles. The van der Waals surface area contributed by atoms with Crippen molar-refractivity contribution in [2.45, 2.75) is 26.3 Å². The van der Waals surface area contributed by atoms with Crippen LogP contribution >= 0.6 is 0 Å². The van der Waals surface area contributed by atoms with Gasteiger partial charge in [0, 0.05) is 11.9 Å². The van der Waals surface area contributed by atoms with Crippen molar-refractivity contribution in [2.24, 2.45) is 10.2 Å². The molecule has 0 bridgehead atoms. The minimum atomic E-state index is -0.598. The predicted molar refractivity (Wildman–Crippen MR) is 113 cm³/mol. The fourth-order valence-corrected chi connectivity index (χ4v) is 3.27. The van der Waals surface area contributed by atoms with Crippen molar-refractivity contribution in [1.29, 1.82) is 0 Å². The van der Waals surface area contributed by atoms with Crippen LogP contribution in [0.15, 0.2) is 46.6 Å². The second-order valence-corrected chi connectivity index (χ2v) is 6.61. The van der Waals surface area contributed by atoms with E-state index in [9.17, 15) is 9.90 Å². The molecule has 0 fully saturated rings. The molecule has 0 aliphatic carbocycles. The number of hydrogen-bond acceptors (Lipinski definition) is 6. The van der Waals surface area contributed by atoms with Crippen molar-refractivity contribution in [1.82, 2.24) is 4.57 Å². The van der Waals surface area contributed by atoms with Gasteiger partial charge in [-0.2, -0.15) is 0 Å². The minimum absolute atomic E-state index is 0.00825. The fourth-order valence-electron chi connectivity index (χ4n) is 3.27. The van der Waals surface area contributed by atoms with Gasteiger partial charge in [-0.3, -0.25) is 4.79 Å². The number of para-hydroxylation sites is 1. The highest BCUT2D eigenvalue weighted by Crippen LogP contribution is 2.40. The molecular formula is C22H25N3O5. The monoisotopic (exact) mass is 411 g/mol. The normalized spacial score (nSPS) is 11.2. The van der Waals surface area contributed by atoms with Crippen LogP contribution in [0.3, 0.4) is 0 Å². The lowest BCUT2D eigenvalue weighted by molar-refractivity contribution is 0.0994. The van der Waals surface area contributed by atoms with Crippen LogP contribution in [0.2, 0.25) is 0 Å². The van der Waals surface area contributed by atoms with Gasteiger partial charge < -0.3 is 23.9 Å². The third-order valence-corrected chi connectivity index (χ3v) is 4.81. The summed E-state index contributed by atoms with van der Waals surface area (Å²) in [7, 11) is 4.42. The number of benzene rings is 2. The first kappa shape index (κ1) is 21.2. The van der Waals surface area contributed by atoms with E-state index < -0.39 is 5.91 Å². The summed E-state index contributed by atoms with van der Waals surface area (Å²) in [6, 6.07) is 10.5. The van der Waals surface area contributed by atoms with Crippen molar-refractivity contribution in [3.63, 3.8) is 0 Å². The van der Waals surface area contributed by atoms with Gasteiger partial charge in [0.2, 0.25) is 11.6 Å². The molecule has 0 spiro atoms. The summed E-state index contributed by atoms with van der Waals surface area (Å²) in [5.41, 5.74) is 1.34. The van der Waals surface area contributed by atoms with E-state index >= 15 is 0 Å². The quantitative estimate of drug-likeness (QED) is 0.521. The zero-order valence-electron chi connectivity index (χ0n) is 17.5. The summed E-state index contributed by atoms with van der Waals surface area (Å²) in [6.07, 6.45) is 1.90. The van der Waals surface area contributed by atoms with Crippen molar-refractivity contribution in [3.8, 4) is 23.1 Å². The highest BCUT2D eigenvalue weighted by molar-refractivity contribution is 5.98.